The third kappa shape index (κ3) is 4.34. The molecule has 0 saturated heterocycles. The van der Waals surface area contributed by atoms with Crippen LogP contribution in [0.5, 0.6) is 11.5 Å². The van der Waals surface area contributed by atoms with Gasteiger partial charge in [0.25, 0.3) is 0 Å². The van der Waals surface area contributed by atoms with E-state index in [1.807, 2.05) is 97.6 Å². The molecule has 4 aromatic carbocycles. The standard InChI is InChI=1S/C29H24N4O2/c1-3-8-28-26(6-1)30-20-32(28)22-10-14-24(15-11-22)34-18-5-19-35-25-16-12-23(13-17-25)33-21-31-27-7-2-4-9-29(27)33/h1-4,6-17,20-21H,5,18-19H2. The predicted molar refractivity (Wildman–Crippen MR) is 138 cm³/mol. The fourth-order valence-corrected chi connectivity index (χ4v) is 4.17. The minimum atomic E-state index is 0.590. The van der Waals surface area contributed by atoms with Crippen LogP contribution in [0.4, 0.5) is 0 Å². The fourth-order valence-electron chi connectivity index (χ4n) is 4.17. The van der Waals surface area contributed by atoms with Crippen molar-refractivity contribution < 1.29 is 9.47 Å². The molecule has 0 N–H and O–H groups in total. The zero-order chi connectivity index (χ0) is 23.5. The molecule has 0 aliphatic carbocycles. The minimum Gasteiger partial charge on any atom is -0.493 e. The van der Waals surface area contributed by atoms with Gasteiger partial charge in [0.05, 0.1) is 35.3 Å². The Kier molecular flexibility index (Phi) is 5.60. The molecule has 35 heavy (non-hydrogen) atoms. The molecule has 6 aromatic rings. The van der Waals surface area contributed by atoms with E-state index in [9.17, 15) is 0 Å². The summed E-state index contributed by atoms with van der Waals surface area (Å²) in [5, 5.41) is 0. The van der Waals surface area contributed by atoms with Crippen LogP contribution in [0.15, 0.2) is 110 Å². The maximum absolute atomic E-state index is 5.90. The third-order valence-corrected chi connectivity index (χ3v) is 5.96. The molecule has 0 radical (unpaired) electrons. The lowest BCUT2D eigenvalue weighted by Crippen LogP contribution is -2.05. The third-order valence-electron chi connectivity index (χ3n) is 5.96. The number of imidazole rings is 2. The Labute approximate surface area is 203 Å². The number of nitrogens with zero attached hydrogens (tertiary/aromatic N) is 4. The molecule has 172 valence electrons. The molecule has 0 spiro atoms. The lowest BCUT2D eigenvalue weighted by Gasteiger charge is -2.10. The monoisotopic (exact) mass is 460 g/mol. The first-order valence-electron chi connectivity index (χ1n) is 11.7. The molecule has 0 aliphatic heterocycles. The van der Waals surface area contributed by atoms with Crippen molar-refractivity contribution in [1.29, 1.82) is 0 Å². The summed E-state index contributed by atoms with van der Waals surface area (Å²) in [5.74, 6) is 1.69. The highest BCUT2D eigenvalue weighted by molar-refractivity contribution is 5.78. The fraction of sp³-hybridized carbons (Fsp3) is 0.103. The molecule has 0 fully saturated rings. The zero-order valence-electron chi connectivity index (χ0n) is 19.1. The molecule has 0 bridgehead atoms. The van der Waals surface area contributed by atoms with Crippen LogP contribution in [0.1, 0.15) is 6.42 Å². The number of aromatic nitrogens is 4. The van der Waals surface area contributed by atoms with E-state index in [2.05, 4.69) is 31.2 Å². The maximum atomic E-state index is 5.90. The summed E-state index contributed by atoms with van der Waals surface area (Å²) in [6.45, 7) is 1.18. The van der Waals surface area contributed by atoms with Crippen molar-refractivity contribution >= 4 is 22.1 Å². The van der Waals surface area contributed by atoms with Crippen molar-refractivity contribution in [3.05, 3.63) is 110 Å². The van der Waals surface area contributed by atoms with Gasteiger partial charge in [-0.3, -0.25) is 9.13 Å². The van der Waals surface area contributed by atoms with Gasteiger partial charge >= 0.3 is 0 Å². The van der Waals surface area contributed by atoms with Gasteiger partial charge in [-0.25, -0.2) is 9.97 Å². The molecular weight excluding hydrogens is 436 g/mol. The number of rotatable bonds is 8. The number of ether oxygens (including phenoxy) is 2. The van der Waals surface area contributed by atoms with E-state index in [1.165, 1.54) is 0 Å². The molecule has 2 aromatic heterocycles. The first-order valence-corrected chi connectivity index (χ1v) is 11.7. The van der Waals surface area contributed by atoms with E-state index < -0.39 is 0 Å². The molecule has 0 aliphatic rings. The molecule has 6 rings (SSSR count). The maximum Gasteiger partial charge on any atom is 0.119 e. The number of benzene rings is 4. The smallest absolute Gasteiger partial charge is 0.119 e. The Hall–Kier alpha value is -4.58. The first-order chi connectivity index (χ1) is 17.3. The van der Waals surface area contributed by atoms with Crippen molar-refractivity contribution in [2.75, 3.05) is 13.2 Å². The van der Waals surface area contributed by atoms with Crippen molar-refractivity contribution in [2.24, 2.45) is 0 Å². The van der Waals surface area contributed by atoms with Gasteiger partial charge in [0, 0.05) is 17.8 Å². The highest BCUT2D eigenvalue weighted by Gasteiger charge is 2.05. The molecule has 2 heterocycles. The van der Waals surface area contributed by atoms with Crippen LogP contribution < -0.4 is 9.47 Å². The van der Waals surface area contributed by atoms with Gasteiger partial charge in [-0.2, -0.15) is 0 Å². The summed E-state index contributed by atoms with van der Waals surface area (Å²) >= 11 is 0. The van der Waals surface area contributed by atoms with Crippen LogP contribution in [-0.2, 0) is 0 Å². The van der Waals surface area contributed by atoms with Crippen LogP contribution in [0.2, 0.25) is 0 Å². The van der Waals surface area contributed by atoms with Crippen LogP contribution in [0.25, 0.3) is 33.4 Å². The molecular formula is C29H24N4O2. The average Bonchev–Trinajstić information content (AvgIpc) is 3.54. The lowest BCUT2D eigenvalue weighted by atomic mass is 10.2. The van der Waals surface area contributed by atoms with Crippen molar-refractivity contribution in [2.45, 2.75) is 6.42 Å². The van der Waals surface area contributed by atoms with Gasteiger partial charge in [-0.1, -0.05) is 24.3 Å². The average molecular weight is 461 g/mol. The summed E-state index contributed by atoms with van der Waals surface area (Å²) in [6, 6.07) is 32.4. The summed E-state index contributed by atoms with van der Waals surface area (Å²) < 4.78 is 15.9. The molecule has 0 amide bonds. The van der Waals surface area contributed by atoms with Crippen LogP contribution in [-0.4, -0.2) is 32.3 Å². The Bertz CT molecular complexity index is 1450. The molecule has 0 atom stereocenters. The Morgan fingerprint density at radius 3 is 1.40 bits per heavy atom. The summed E-state index contributed by atoms with van der Waals surface area (Å²) in [7, 11) is 0. The Morgan fingerprint density at radius 1 is 0.514 bits per heavy atom. The van der Waals surface area contributed by atoms with E-state index in [-0.39, 0.29) is 0 Å². The van der Waals surface area contributed by atoms with Crippen molar-refractivity contribution in [3.63, 3.8) is 0 Å². The quantitative estimate of drug-likeness (QED) is 0.253. The van der Waals surface area contributed by atoms with E-state index in [4.69, 9.17) is 9.47 Å². The summed E-state index contributed by atoms with van der Waals surface area (Å²) in [5.41, 5.74) is 6.26. The van der Waals surface area contributed by atoms with E-state index in [1.54, 1.807) is 0 Å². The number of para-hydroxylation sites is 4. The second-order valence-electron chi connectivity index (χ2n) is 8.24. The van der Waals surface area contributed by atoms with E-state index in [0.29, 0.717) is 13.2 Å². The van der Waals surface area contributed by atoms with Crippen LogP contribution in [0, 0.1) is 0 Å². The molecule has 0 unspecified atom stereocenters. The normalized spacial score (nSPS) is 11.2. The van der Waals surface area contributed by atoms with Gasteiger partial charge in [-0.15, -0.1) is 0 Å². The highest BCUT2D eigenvalue weighted by atomic mass is 16.5. The topological polar surface area (TPSA) is 54.1 Å². The molecule has 0 saturated carbocycles. The number of hydrogen-bond acceptors (Lipinski definition) is 4. The molecule has 6 heteroatoms. The summed E-state index contributed by atoms with van der Waals surface area (Å²) in [6.07, 6.45) is 4.49. The Morgan fingerprint density at radius 2 is 0.943 bits per heavy atom. The zero-order valence-corrected chi connectivity index (χ0v) is 19.1. The predicted octanol–water partition coefficient (Wildman–Crippen LogP) is 6.21. The van der Waals surface area contributed by atoms with Crippen LogP contribution >= 0.6 is 0 Å². The second kappa shape index (κ2) is 9.35. The summed E-state index contributed by atoms with van der Waals surface area (Å²) in [4.78, 5) is 8.91. The van der Waals surface area contributed by atoms with Gasteiger partial charge in [-0.05, 0) is 72.8 Å². The number of fused-ring (bicyclic) bond motifs is 2. The van der Waals surface area contributed by atoms with Crippen molar-refractivity contribution in [3.8, 4) is 22.9 Å². The van der Waals surface area contributed by atoms with Crippen molar-refractivity contribution in [1.82, 2.24) is 19.1 Å². The van der Waals surface area contributed by atoms with E-state index >= 15 is 0 Å². The van der Waals surface area contributed by atoms with Gasteiger partial charge in [0.15, 0.2) is 0 Å². The molecule has 6 nitrogen and oxygen atoms in total. The highest BCUT2D eigenvalue weighted by Crippen LogP contribution is 2.22. The SMILES string of the molecule is c1ccc2c(c1)ncn2-c1ccc(OCCCOc2ccc(-n3cnc4ccccc43)cc2)cc1. The van der Waals surface area contributed by atoms with E-state index in [0.717, 1.165) is 51.4 Å². The van der Waals surface area contributed by atoms with Gasteiger partial charge in [0.1, 0.15) is 24.2 Å². The van der Waals surface area contributed by atoms with Gasteiger partial charge in [0.2, 0.25) is 0 Å². The second-order valence-corrected chi connectivity index (χ2v) is 8.24. The lowest BCUT2D eigenvalue weighted by molar-refractivity contribution is 0.247. The first kappa shape index (κ1) is 21.0. The van der Waals surface area contributed by atoms with Crippen LogP contribution in [0.3, 0.4) is 0 Å². The largest absolute Gasteiger partial charge is 0.493 e. The minimum absolute atomic E-state index is 0.590. The van der Waals surface area contributed by atoms with Gasteiger partial charge < -0.3 is 9.47 Å². The Balaban J connectivity index is 0.995. The number of hydrogen-bond donors (Lipinski definition) is 0.